The van der Waals surface area contributed by atoms with Crippen LogP contribution in [0.1, 0.15) is 0 Å². The van der Waals surface area contributed by atoms with Gasteiger partial charge in [-0.1, -0.05) is 11.8 Å². The number of non-ortho nitro benzene ring substituents is 1. The molecule has 2 aromatic carbocycles. The molecule has 1 N–H and O–H groups in total. The molecule has 0 aliphatic heterocycles. The Kier molecular flexibility index (Phi) is 5.26. The molecule has 0 aliphatic rings. The van der Waals surface area contributed by atoms with Gasteiger partial charge in [0, 0.05) is 50.5 Å². The molecule has 0 saturated carbocycles. The van der Waals surface area contributed by atoms with Crippen molar-refractivity contribution in [1.29, 1.82) is 0 Å². The van der Waals surface area contributed by atoms with Gasteiger partial charge in [0.05, 0.1) is 4.92 Å². The van der Waals surface area contributed by atoms with Crippen LogP contribution in [0.2, 0.25) is 0 Å². The fourth-order valence-corrected chi connectivity index (χ4v) is 1.33. The molecule has 0 fully saturated rings. The number of anilines is 2. The van der Waals surface area contributed by atoms with Crippen LogP contribution in [0.4, 0.5) is 17.1 Å². The first-order valence-electron chi connectivity index (χ1n) is 4.73. The first-order chi connectivity index (χ1) is 7.75. The van der Waals surface area contributed by atoms with Crippen molar-refractivity contribution in [3.8, 4) is 0 Å². The zero-order valence-electron chi connectivity index (χ0n) is 8.96. The summed E-state index contributed by atoms with van der Waals surface area (Å²) in [6.45, 7) is 0. The Morgan fingerprint density at radius 2 is 1.82 bits per heavy atom. The average molecular weight is 302 g/mol. The minimum Gasteiger partial charge on any atom is -0.378 e. The number of hydrogen-bond acceptors (Lipinski definition) is 3. The van der Waals surface area contributed by atoms with Crippen molar-refractivity contribution < 1.29 is 37.6 Å². The van der Waals surface area contributed by atoms with Gasteiger partial charge in [-0.15, -0.1) is 12.1 Å². The van der Waals surface area contributed by atoms with Crippen molar-refractivity contribution in [3.63, 3.8) is 0 Å². The van der Waals surface area contributed by atoms with Gasteiger partial charge in [-0.2, -0.15) is 18.2 Å². The van der Waals surface area contributed by atoms with E-state index < -0.39 is 4.92 Å². The van der Waals surface area contributed by atoms with Gasteiger partial charge < -0.3 is 5.32 Å². The zero-order valence-corrected chi connectivity index (χ0v) is 11.8. The van der Waals surface area contributed by atoms with E-state index in [1.165, 1.54) is 12.1 Å². The third kappa shape index (κ3) is 3.91. The molecule has 0 spiro atoms. The van der Waals surface area contributed by atoms with Crippen molar-refractivity contribution in [1.82, 2.24) is 0 Å². The fourth-order valence-electron chi connectivity index (χ4n) is 1.33. The van der Waals surface area contributed by atoms with E-state index in [0.29, 0.717) is 5.69 Å². The van der Waals surface area contributed by atoms with E-state index in [-0.39, 0.29) is 38.4 Å². The molecule has 0 saturated heterocycles. The number of nitro groups is 1. The van der Waals surface area contributed by atoms with Crippen LogP contribution in [0.15, 0.2) is 48.5 Å². The van der Waals surface area contributed by atoms with Gasteiger partial charge in [-0.25, -0.2) is 0 Å². The SMILES string of the molecule is O=[N+]([O-])c1cccc(Nc2cc[c-]cc2)c1.[Y]. The normalized spacial score (nSPS) is 9.18. The maximum Gasteiger partial charge on any atom is 0.271 e. The third-order valence-electron chi connectivity index (χ3n) is 2.06. The Labute approximate surface area is 124 Å². The Bertz CT molecular complexity index is 503. The van der Waals surface area contributed by atoms with Gasteiger partial charge in [0.15, 0.2) is 0 Å². The summed E-state index contributed by atoms with van der Waals surface area (Å²) in [6, 6.07) is 16.5. The summed E-state index contributed by atoms with van der Waals surface area (Å²) in [4.78, 5) is 10.2. The van der Waals surface area contributed by atoms with E-state index in [4.69, 9.17) is 0 Å². The van der Waals surface area contributed by atoms with E-state index in [1.54, 1.807) is 24.3 Å². The average Bonchev–Trinajstić information content (AvgIpc) is 2.30. The van der Waals surface area contributed by atoms with Gasteiger partial charge in [0.1, 0.15) is 0 Å². The summed E-state index contributed by atoms with van der Waals surface area (Å²) in [5, 5.41) is 13.7. The van der Waals surface area contributed by atoms with Crippen LogP contribution >= 0.6 is 0 Å². The number of rotatable bonds is 3. The summed E-state index contributed by atoms with van der Waals surface area (Å²) >= 11 is 0. The zero-order chi connectivity index (χ0) is 11.4. The van der Waals surface area contributed by atoms with E-state index in [9.17, 15) is 10.1 Å². The van der Waals surface area contributed by atoms with Gasteiger partial charge >= 0.3 is 0 Å². The summed E-state index contributed by atoms with van der Waals surface area (Å²) < 4.78 is 0. The maximum atomic E-state index is 10.6. The van der Waals surface area contributed by atoms with E-state index >= 15 is 0 Å². The summed E-state index contributed by atoms with van der Waals surface area (Å²) in [5.41, 5.74) is 1.65. The molecule has 0 amide bonds. The molecule has 2 aromatic rings. The predicted molar refractivity (Wildman–Crippen MR) is 61.7 cm³/mol. The molecular weight excluding hydrogens is 293 g/mol. The summed E-state index contributed by atoms with van der Waals surface area (Å²) in [7, 11) is 0. The first-order valence-corrected chi connectivity index (χ1v) is 4.73. The molecule has 2 rings (SSSR count). The molecule has 0 atom stereocenters. The van der Waals surface area contributed by atoms with Crippen LogP contribution in [-0.4, -0.2) is 4.92 Å². The van der Waals surface area contributed by atoms with Crippen molar-refractivity contribution >= 4 is 17.1 Å². The Morgan fingerprint density at radius 3 is 2.47 bits per heavy atom. The maximum absolute atomic E-state index is 10.6. The largest absolute Gasteiger partial charge is 0.378 e. The molecule has 4 nitrogen and oxygen atoms in total. The van der Waals surface area contributed by atoms with Crippen molar-refractivity contribution in [2.45, 2.75) is 0 Å². The Balaban J connectivity index is 0.00000144. The van der Waals surface area contributed by atoms with Crippen LogP contribution in [0.3, 0.4) is 0 Å². The van der Waals surface area contributed by atoms with Crippen molar-refractivity contribution in [2.24, 2.45) is 0 Å². The van der Waals surface area contributed by atoms with Crippen molar-refractivity contribution in [3.05, 3.63) is 64.7 Å². The quantitative estimate of drug-likeness (QED) is 0.538. The predicted octanol–water partition coefficient (Wildman–Crippen LogP) is 3.14. The molecule has 0 heterocycles. The molecule has 0 bridgehead atoms. The third-order valence-corrected chi connectivity index (χ3v) is 2.06. The molecule has 83 valence electrons. The van der Waals surface area contributed by atoms with Crippen LogP contribution in [0, 0.1) is 16.2 Å². The molecule has 0 unspecified atom stereocenters. The smallest absolute Gasteiger partial charge is 0.271 e. The van der Waals surface area contributed by atoms with Gasteiger partial charge in [0.25, 0.3) is 5.69 Å². The Hall–Kier alpha value is -1.26. The van der Waals surface area contributed by atoms with E-state index in [0.717, 1.165) is 5.69 Å². The van der Waals surface area contributed by atoms with Crippen LogP contribution in [0.5, 0.6) is 0 Å². The molecule has 0 aliphatic carbocycles. The monoisotopic (exact) mass is 302 g/mol. The number of nitro benzene ring substituents is 1. The second kappa shape index (κ2) is 6.47. The number of nitrogens with zero attached hydrogens (tertiary/aromatic N) is 1. The van der Waals surface area contributed by atoms with Gasteiger partial charge in [-0.3, -0.25) is 10.1 Å². The van der Waals surface area contributed by atoms with E-state index in [1.807, 2.05) is 12.1 Å². The van der Waals surface area contributed by atoms with Crippen LogP contribution in [-0.2, 0) is 32.7 Å². The molecule has 17 heavy (non-hydrogen) atoms. The summed E-state index contributed by atoms with van der Waals surface area (Å²) in [6.07, 6.45) is 0. The molecular formula is C12H9N2O2Y-. The standard InChI is InChI=1S/C12H9N2O2.Y/c15-14(16)12-8-4-7-11(9-12)13-10-5-2-1-3-6-10;/h2-9,13H;/q-1;. The first kappa shape index (κ1) is 13.8. The van der Waals surface area contributed by atoms with Crippen LogP contribution in [0.25, 0.3) is 0 Å². The minimum absolute atomic E-state index is 0. The van der Waals surface area contributed by atoms with E-state index in [2.05, 4.69) is 11.4 Å². The van der Waals surface area contributed by atoms with Crippen molar-refractivity contribution in [2.75, 3.05) is 5.32 Å². The number of nitrogens with one attached hydrogen (secondary N) is 1. The fraction of sp³-hybridized carbons (Fsp3) is 0. The molecule has 0 aromatic heterocycles. The topological polar surface area (TPSA) is 55.2 Å². The summed E-state index contributed by atoms with van der Waals surface area (Å²) in [5.74, 6) is 0. The molecule has 1 radical (unpaired) electrons. The molecule has 5 heteroatoms. The second-order valence-electron chi connectivity index (χ2n) is 3.22. The minimum atomic E-state index is -0.413. The van der Waals surface area contributed by atoms with Gasteiger partial charge in [-0.05, 0) is 6.07 Å². The Morgan fingerprint density at radius 1 is 1.12 bits per heavy atom. The number of benzene rings is 2. The van der Waals surface area contributed by atoms with Gasteiger partial charge in [0.2, 0.25) is 0 Å². The van der Waals surface area contributed by atoms with Crippen LogP contribution < -0.4 is 5.32 Å². The second-order valence-corrected chi connectivity index (χ2v) is 3.22. The number of hydrogen-bond donors (Lipinski definition) is 1.